The summed E-state index contributed by atoms with van der Waals surface area (Å²) in [6.07, 6.45) is 5.23. The molecule has 1 heterocycles. The van der Waals surface area contributed by atoms with Crippen molar-refractivity contribution in [1.29, 1.82) is 0 Å². The van der Waals surface area contributed by atoms with Gasteiger partial charge in [-0.15, -0.1) is 0 Å². The van der Waals surface area contributed by atoms with Gasteiger partial charge in [-0.2, -0.15) is 0 Å². The van der Waals surface area contributed by atoms with Crippen LogP contribution in [0.4, 0.5) is 0 Å². The Balaban J connectivity index is 1.94. The molecule has 14 heavy (non-hydrogen) atoms. The zero-order chi connectivity index (χ0) is 10.2. The van der Waals surface area contributed by atoms with E-state index in [1.165, 1.54) is 38.8 Å². The third-order valence-electron chi connectivity index (χ3n) is 4.26. The Labute approximate surface area is 87.3 Å². The number of nitrogens with zero attached hydrogens (tertiary/aromatic N) is 1. The number of likely N-dealkylation sites (tertiary alicyclic amines) is 1. The van der Waals surface area contributed by atoms with Gasteiger partial charge in [0.2, 0.25) is 0 Å². The van der Waals surface area contributed by atoms with Gasteiger partial charge in [-0.25, -0.2) is 0 Å². The summed E-state index contributed by atoms with van der Waals surface area (Å²) in [6, 6.07) is 0.697. The molecule has 1 saturated carbocycles. The number of aliphatic hydroxyl groups excluding tert-OH is 1. The standard InChI is InChI=1S/C12H23NO/c1-10(2)13-6-5-12(9-13)4-3-11(7-12)8-14/h10-11,14H,3-9H2,1-2H3/t11-,12-/m0/s1. The van der Waals surface area contributed by atoms with E-state index in [2.05, 4.69) is 18.7 Å². The van der Waals surface area contributed by atoms with E-state index in [0.717, 1.165) is 0 Å². The lowest BCUT2D eigenvalue weighted by molar-refractivity contribution is 0.195. The molecule has 1 aliphatic heterocycles. The summed E-state index contributed by atoms with van der Waals surface area (Å²) in [5, 5.41) is 9.17. The number of hydrogen-bond donors (Lipinski definition) is 1. The van der Waals surface area contributed by atoms with Crippen LogP contribution in [0.5, 0.6) is 0 Å². The van der Waals surface area contributed by atoms with Crippen LogP contribution in [0.2, 0.25) is 0 Å². The first-order valence-electron chi connectivity index (χ1n) is 6.00. The van der Waals surface area contributed by atoms with Gasteiger partial charge in [-0.1, -0.05) is 0 Å². The molecule has 1 N–H and O–H groups in total. The molecule has 2 aliphatic rings. The van der Waals surface area contributed by atoms with Crippen LogP contribution in [-0.4, -0.2) is 35.7 Å². The summed E-state index contributed by atoms with van der Waals surface area (Å²) in [7, 11) is 0. The first-order chi connectivity index (χ1) is 6.65. The summed E-state index contributed by atoms with van der Waals surface area (Å²) < 4.78 is 0. The number of rotatable bonds is 2. The van der Waals surface area contributed by atoms with Crippen molar-refractivity contribution in [2.45, 2.75) is 45.6 Å². The fourth-order valence-electron chi connectivity index (χ4n) is 3.26. The Kier molecular flexibility index (Phi) is 2.85. The monoisotopic (exact) mass is 197 g/mol. The highest BCUT2D eigenvalue weighted by Gasteiger charge is 2.43. The molecule has 0 unspecified atom stereocenters. The molecule has 0 aromatic heterocycles. The van der Waals surface area contributed by atoms with Crippen LogP contribution in [0.15, 0.2) is 0 Å². The molecular formula is C12H23NO. The molecule has 1 aliphatic carbocycles. The average Bonchev–Trinajstić information content (AvgIpc) is 2.74. The van der Waals surface area contributed by atoms with Crippen molar-refractivity contribution in [3.05, 3.63) is 0 Å². The predicted octanol–water partition coefficient (Wildman–Crippen LogP) is 1.88. The molecule has 0 radical (unpaired) electrons. The van der Waals surface area contributed by atoms with Crippen LogP contribution in [0.3, 0.4) is 0 Å². The Bertz CT molecular complexity index is 204. The first kappa shape index (κ1) is 10.4. The normalized spacial score (nSPS) is 39.0. The van der Waals surface area contributed by atoms with Gasteiger partial charge in [0, 0.05) is 19.2 Å². The summed E-state index contributed by atoms with van der Waals surface area (Å²) in [6.45, 7) is 7.54. The van der Waals surface area contributed by atoms with E-state index < -0.39 is 0 Å². The van der Waals surface area contributed by atoms with E-state index in [9.17, 15) is 5.11 Å². The Hall–Kier alpha value is -0.0800. The van der Waals surface area contributed by atoms with Crippen molar-refractivity contribution < 1.29 is 5.11 Å². The summed E-state index contributed by atoms with van der Waals surface area (Å²) in [4.78, 5) is 2.60. The molecule has 1 spiro atoms. The van der Waals surface area contributed by atoms with Crippen LogP contribution in [-0.2, 0) is 0 Å². The molecule has 82 valence electrons. The summed E-state index contributed by atoms with van der Waals surface area (Å²) >= 11 is 0. The minimum absolute atomic E-state index is 0.406. The Morgan fingerprint density at radius 1 is 1.43 bits per heavy atom. The molecule has 2 nitrogen and oxygen atoms in total. The molecular weight excluding hydrogens is 174 g/mol. The van der Waals surface area contributed by atoms with E-state index in [4.69, 9.17) is 0 Å². The lowest BCUT2D eigenvalue weighted by atomic mass is 9.84. The zero-order valence-electron chi connectivity index (χ0n) is 9.50. The van der Waals surface area contributed by atoms with Crippen molar-refractivity contribution in [2.24, 2.45) is 11.3 Å². The largest absolute Gasteiger partial charge is 0.396 e. The summed E-state index contributed by atoms with van der Waals surface area (Å²) in [5.41, 5.74) is 0.581. The van der Waals surface area contributed by atoms with Crippen molar-refractivity contribution in [3.8, 4) is 0 Å². The fourth-order valence-corrected chi connectivity index (χ4v) is 3.26. The third kappa shape index (κ3) is 1.82. The third-order valence-corrected chi connectivity index (χ3v) is 4.26. The maximum absolute atomic E-state index is 9.17. The second-order valence-corrected chi connectivity index (χ2v) is 5.61. The van der Waals surface area contributed by atoms with Gasteiger partial charge in [0.05, 0.1) is 0 Å². The van der Waals surface area contributed by atoms with E-state index in [1.54, 1.807) is 0 Å². The maximum atomic E-state index is 9.17. The van der Waals surface area contributed by atoms with Gasteiger partial charge in [0.15, 0.2) is 0 Å². The molecule has 2 rings (SSSR count). The van der Waals surface area contributed by atoms with E-state index >= 15 is 0 Å². The van der Waals surface area contributed by atoms with Gasteiger partial charge in [0.1, 0.15) is 0 Å². The Morgan fingerprint density at radius 3 is 2.71 bits per heavy atom. The molecule has 2 heteroatoms. The SMILES string of the molecule is CC(C)N1CC[C@]2(CC[C@H](CO)C2)C1. The molecule has 0 amide bonds. The molecule has 0 aromatic rings. The zero-order valence-corrected chi connectivity index (χ0v) is 9.50. The van der Waals surface area contributed by atoms with Gasteiger partial charge in [-0.05, 0) is 57.4 Å². The van der Waals surface area contributed by atoms with E-state index in [-0.39, 0.29) is 0 Å². The van der Waals surface area contributed by atoms with E-state index in [1.807, 2.05) is 0 Å². The van der Waals surface area contributed by atoms with Crippen LogP contribution >= 0.6 is 0 Å². The molecule has 2 fully saturated rings. The maximum Gasteiger partial charge on any atom is 0.0459 e. The highest BCUT2D eigenvalue weighted by molar-refractivity contribution is 4.96. The highest BCUT2D eigenvalue weighted by atomic mass is 16.3. The van der Waals surface area contributed by atoms with E-state index in [0.29, 0.717) is 24.0 Å². The molecule has 0 aromatic carbocycles. The lowest BCUT2D eigenvalue weighted by Gasteiger charge is -2.26. The molecule has 0 bridgehead atoms. The van der Waals surface area contributed by atoms with Crippen molar-refractivity contribution in [1.82, 2.24) is 4.90 Å². The van der Waals surface area contributed by atoms with Crippen LogP contribution < -0.4 is 0 Å². The fraction of sp³-hybridized carbons (Fsp3) is 1.00. The number of hydrogen-bond acceptors (Lipinski definition) is 2. The molecule has 1 saturated heterocycles. The highest BCUT2D eigenvalue weighted by Crippen LogP contribution is 2.48. The topological polar surface area (TPSA) is 23.5 Å². The van der Waals surface area contributed by atoms with Crippen LogP contribution in [0, 0.1) is 11.3 Å². The first-order valence-corrected chi connectivity index (χ1v) is 6.00. The number of aliphatic hydroxyl groups is 1. The quantitative estimate of drug-likeness (QED) is 0.730. The second kappa shape index (κ2) is 3.82. The van der Waals surface area contributed by atoms with Crippen molar-refractivity contribution in [2.75, 3.05) is 19.7 Å². The lowest BCUT2D eigenvalue weighted by Crippen LogP contribution is -2.31. The smallest absolute Gasteiger partial charge is 0.0459 e. The van der Waals surface area contributed by atoms with Gasteiger partial charge >= 0.3 is 0 Å². The molecule has 2 atom stereocenters. The minimum atomic E-state index is 0.406. The van der Waals surface area contributed by atoms with Gasteiger partial charge < -0.3 is 10.0 Å². The second-order valence-electron chi connectivity index (χ2n) is 5.61. The average molecular weight is 197 g/mol. The van der Waals surface area contributed by atoms with Crippen LogP contribution in [0.25, 0.3) is 0 Å². The van der Waals surface area contributed by atoms with Crippen molar-refractivity contribution >= 4 is 0 Å². The summed E-state index contributed by atoms with van der Waals surface area (Å²) in [5.74, 6) is 0.599. The predicted molar refractivity (Wildman–Crippen MR) is 58.2 cm³/mol. The van der Waals surface area contributed by atoms with Crippen LogP contribution in [0.1, 0.15) is 39.5 Å². The van der Waals surface area contributed by atoms with Gasteiger partial charge in [-0.3, -0.25) is 0 Å². The van der Waals surface area contributed by atoms with Gasteiger partial charge in [0.25, 0.3) is 0 Å². The van der Waals surface area contributed by atoms with Crippen molar-refractivity contribution in [3.63, 3.8) is 0 Å². The Morgan fingerprint density at radius 2 is 2.21 bits per heavy atom. The minimum Gasteiger partial charge on any atom is -0.396 e.